The lowest BCUT2D eigenvalue weighted by molar-refractivity contribution is 0.0806. The highest BCUT2D eigenvalue weighted by molar-refractivity contribution is 5.91. The fourth-order valence-corrected chi connectivity index (χ4v) is 2.52. The van der Waals surface area contributed by atoms with E-state index >= 15 is 0 Å². The Hall–Kier alpha value is -2.60. The quantitative estimate of drug-likeness (QED) is 0.885. The second-order valence-electron chi connectivity index (χ2n) is 5.59. The summed E-state index contributed by atoms with van der Waals surface area (Å²) in [5.41, 5.74) is 1.47. The predicted octanol–water partition coefficient (Wildman–Crippen LogP) is 2.96. The normalized spacial score (nSPS) is 14.8. The molecule has 2 heterocycles. The van der Waals surface area contributed by atoms with E-state index in [9.17, 15) is 4.79 Å². The van der Waals surface area contributed by atoms with E-state index in [0.717, 1.165) is 18.5 Å². The minimum absolute atomic E-state index is 0.153. The van der Waals surface area contributed by atoms with Gasteiger partial charge in [0.25, 0.3) is 0 Å². The van der Waals surface area contributed by atoms with Gasteiger partial charge in [-0.1, -0.05) is 18.2 Å². The van der Waals surface area contributed by atoms with Crippen LogP contribution in [0.15, 0.2) is 48.7 Å². The molecule has 126 valence electrons. The molecule has 6 heteroatoms. The van der Waals surface area contributed by atoms with E-state index in [2.05, 4.69) is 15.6 Å². The van der Waals surface area contributed by atoms with Gasteiger partial charge in [-0.15, -0.1) is 0 Å². The molecule has 1 aliphatic heterocycles. The van der Waals surface area contributed by atoms with Crippen molar-refractivity contribution >= 4 is 11.7 Å². The summed E-state index contributed by atoms with van der Waals surface area (Å²) in [4.78, 5) is 16.4. The molecule has 3 rings (SSSR count). The average Bonchev–Trinajstić information content (AvgIpc) is 2.63. The molecule has 24 heavy (non-hydrogen) atoms. The van der Waals surface area contributed by atoms with Gasteiger partial charge in [0.1, 0.15) is 12.4 Å². The minimum atomic E-state index is -0.226. The number of carbonyl (C=O) groups is 1. The second kappa shape index (κ2) is 8.31. The zero-order chi connectivity index (χ0) is 16.6. The fraction of sp³-hybridized carbons (Fsp3) is 0.333. The number of hydrogen-bond donors (Lipinski definition) is 2. The van der Waals surface area contributed by atoms with Gasteiger partial charge in [0.05, 0.1) is 11.4 Å². The topological polar surface area (TPSA) is 72.5 Å². The highest BCUT2D eigenvalue weighted by Gasteiger charge is 2.16. The van der Waals surface area contributed by atoms with Gasteiger partial charge in [0.2, 0.25) is 0 Å². The summed E-state index contributed by atoms with van der Waals surface area (Å²) in [6.45, 7) is 1.73. The van der Waals surface area contributed by atoms with Crippen LogP contribution in [-0.2, 0) is 11.3 Å². The van der Waals surface area contributed by atoms with Gasteiger partial charge in [-0.05, 0) is 37.1 Å². The van der Waals surface area contributed by atoms with Crippen LogP contribution in [0.2, 0.25) is 0 Å². The third-order valence-electron chi connectivity index (χ3n) is 3.79. The Kier molecular flexibility index (Phi) is 5.63. The molecule has 0 spiro atoms. The van der Waals surface area contributed by atoms with Crippen molar-refractivity contribution in [1.29, 1.82) is 0 Å². The number of urea groups is 1. The molecule has 2 amide bonds. The Balaban J connectivity index is 1.57. The van der Waals surface area contributed by atoms with E-state index in [0.29, 0.717) is 31.3 Å². The molecule has 0 aliphatic carbocycles. The number of rotatable bonds is 5. The van der Waals surface area contributed by atoms with E-state index in [1.807, 2.05) is 42.5 Å². The molecule has 2 aromatic rings. The third kappa shape index (κ3) is 4.70. The third-order valence-corrected chi connectivity index (χ3v) is 3.79. The summed E-state index contributed by atoms with van der Waals surface area (Å²) in [5, 5.41) is 5.83. The number of aromatic nitrogens is 1. The van der Waals surface area contributed by atoms with Gasteiger partial charge in [0.15, 0.2) is 0 Å². The molecular formula is C18H21N3O3. The van der Waals surface area contributed by atoms with E-state index in [1.165, 1.54) is 0 Å². The number of nitrogens with one attached hydrogen (secondary N) is 2. The monoisotopic (exact) mass is 327 g/mol. The largest absolute Gasteiger partial charge is 0.485 e. The van der Waals surface area contributed by atoms with Crippen molar-refractivity contribution in [3.05, 3.63) is 54.4 Å². The standard InChI is InChI=1S/C18H21N3O3/c22-18(20-14-8-11-23-12-9-14)21-16-6-1-2-7-17(16)24-13-15-5-3-4-10-19-15/h1-7,10,14H,8-9,11-13H2,(H2,20,21,22). The number of ether oxygens (including phenoxy) is 2. The Bertz CT molecular complexity index is 658. The van der Waals surface area contributed by atoms with Crippen LogP contribution >= 0.6 is 0 Å². The predicted molar refractivity (Wildman–Crippen MR) is 91.0 cm³/mol. The number of benzene rings is 1. The summed E-state index contributed by atoms with van der Waals surface area (Å²) in [7, 11) is 0. The lowest BCUT2D eigenvalue weighted by atomic mass is 10.1. The van der Waals surface area contributed by atoms with Gasteiger partial charge < -0.3 is 20.1 Å². The molecule has 6 nitrogen and oxygen atoms in total. The van der Waals surface area contributed by atoms with Crippen LogP contribution in [-0.4, -0.2) is 30.3 Å². The van der Waals surface area contributed by atoms with Crippen LogP contribution in [0, 0.1) is 0 Å². The van der Waals surface area contributed by atoms with Gasteiger partial charge >= 0.3 is 6.03 Å². The van der Waals surface area contributed by atoms with Crippen LogP contribution < -0.4 is 15.4 Å². The molecule has 1 aromatic carbocycles. The van der Waals surface area contributed by atoms with E-state index in [1.54, 1.807) is 6.20 Å². The first-order valence-electron chi connectivity index (χ1n) is 8.08. The number of nitrogens with zero attached hydrogens (tertiary/aromatic N) is 1. The molecule has 1 saturated heterocycles. The zero-order valence-corrected chi connectivity index (χ0v) is 13.4. The van der Waals surface area contributed by atoms with Crippen molar-refractivity contribution in [2.24, 2.45) is 0 Å². The average molecular weight is 327 g/mol. The first-order chi connectivity index (χ1) is 11.8. The molecular weight excluding hydrogens is 306 g/mol. The molecule has 0 atom stereocenters. The van der Waals surface area contributed by atoms with Crippen molar-refractivity contribution in [2.75, 3.05) is 18.5 Å². The van der Waals surface area contributed by atoms with Gasteiger partial charge in [-0.2, -0.15) is 0 Å². The van der Waals surface area contributed by atoms with Gasteiger partial charge in [-0.3, -0.25) is 4.98 Å². The summed E-state index contributed by atoms with van der Waals surface area (Å²) in [5.74, 6) is 0.616. The Morgan fingerprint density at radius 3 is 2.75 bits per heavy atom. The van der Waals surface area contributed by atoms with E-state index < -0.39 is 0 Å². The van der Waals surface area contributed by atoms with Crippen LogP contribution in [0.5, 0.6) is 5.75 Å². The van der Waals surface area contributed by atoms with Crippen LogP contribution in [0.4, 0.5) is 10.5 Å². The maximum absolute atomic E-state index is 12.2. The number of hydrogen-bond acceptors (Lipinski definition) is 4. The maximum Gasteiger partial charge on any atom is 0.319 e. The molecule has 0 bridgehead atoms. The summed E-state index contributed by atoms with van der Waals surface area (Å²) < 4.78 is 11.1. The molecule has 0 radical (unpaired) electrons. The first kappa shape index (κ1) is 16.3. The molecule has 2 N–H and O–H groups in total. The highest BCUT2D eigenvalue weighted by atomic mass is 16.5. The number of para-hydroxylation sites is 2. The number of anilines is 1. The maximum atomic E-state index is 12.2. The lowest BCUT2D eigenvalue weighted by Gasteiger charge is -2.23. The zero-order valence-electron chi connectivity index (χ0n) is 13.4. The van der Waals surface area contributed by atoms with Crippen molar-refractivity contribution in [2.45, 2.75) is 25.5 Å². The Morgan fingerprint density at radius 2 is 1.96 bits per heavy atom. The molecule has 0 unspecified atom stereocenters. The second-order valence-corrected chi connectivity index (χ2v) is 5.59. The van der Waals surface area contributed by atoms with Crippen LogP contribution in [0.25, 0.3) is 0 Å². The van der Waals surface area contributed by atoms with Crippen molar-refractivity contribution < 1.29 is 14.3 Å². The first-order valence-corrected chi connectivity index (χ1v) is 8.08. The van der Waals surface area contributed by atoms with E-state index in [4.69, 9.17) is 9.47 Å². The smallest absolute Gasteiger partial charge is 0.319 e. The summed E-state index contributed by atoms with van der Waals surface area (Å²) in [6.07, 6.45) is 3.40. The molecule has 1 aromatic heterocycles. The van der Waals surface area contributed by atoms with E-state index in [-0.39, 0.29) is 12.1 Å². The number of carbonyl (C=O) groups excluding carboxylic acids is 1. The lowest BCUT2D eigenvalue weighted by Crippen LogP contribution is -2.41. The Morgan fingerprint density at radius 1 is 1.17 bits per heavy atom. The van der Waals surface area contributed by atoms with Crippen molar-refractivity contribution in [3.63, 3.8) is 0 Å². The highest BCUT2D eigenvalue weighted by Crippen LogP contribution is 2.24. The molecule has 0 saturated carbocycles. The van der Waals surface area contributed by atoms with Crippen molar-refractivity contribution in [1.82, 2.24) is 10.3 Å². The Labute approximate surface area is 141 Å². The van der Waals surface area contributed by atoms with Crippen LogP contribution in [0.3, 0.4) is 0 Å². The molecule has 1 fully saturated rings. The number of amides is 2. The van der Waals surface area contributed by atoms with Crippen molar-refractivity contribution in [3.8, 4) is 5.75 Å². The van der Waals surface area contributed by atoms with Crippen LogP contribution in [0.1, 0.15) is 18.5 Å². The minimum Gasteiger partial charge on any atom is -0.485 e. The molecule has 1 aliphatic rings. The fourth-order valence-electron chi connectivity index (χ4n) is 2.52. The number of pyridine rings is 1. The van der Waals surface area contributed by atoms with Gasteiger partial charge in [0, 0.05) is 25.5 Å². The summed E-state index contributed by atoms with van der Waals surface area (Å²) >= 11 is 0. The summed E-state index contributed by atoms with van der Waals surface area (Å²) in [6, 6.07) is 13.0. The SMILES string of the molecule is O=C(Nc1ccccc1OCc1ccccn1)NC1CCOCC1. The van der Waals surface area contributed by atoms with Gasteiger partial charge in [-0.25, -0.2) is 4.79 Å².